The van der Waals surface area contributed by atoms with Gasteiger partial charge in [0.2, 0.25) is 0 Å². The molecule has 4 nitrogen and oxygen atoms in total. The summed E-state index contributed by atoms with van der Waals surface area (Å²) in [6.45, 7) is 0.368. The van der Waals surface area contributed by atoms with Crippen LogP contribution >= 0.6 is 23.2 Å². The number of hydrogen-bond acceptors (Lipinski definition) is 3. The summed E-state index contributed by atoms with van der Waals surface area (Å²) in [6.07, 6.45) is 3.32. The van der Waals surface area contributed by atoms with Crippen molar-refractivity contribution in [3.05, 3.63) is 57.8 Å². The topological polar surface area (TPSA) is 51.2 Å². The number of benzene rings is 1. The van der Waals surface area contributed by atoms with E-state index in [1.54, 1.807) is 24.5 Å². The van der Waals surface area contributed by atoms with E-state index in [0.29, 0.717) is 16.6 Å². The van der Waals surface area contributed by atoms with Crippen LogP contribution in [-0.2, 0) is 6.54 Å². The van der Waals surface area contributed by atoms with Crippen molar-refractivity contribution < 1.29 is 9.53 Å². The van der Waals surface area contributed by atoms with Crippen molar-refractivity contribution in [1.82, 2.24) is 10.3 Å². The molecule has 2 aromatic rings. The van der Waals surface area contributed by atoms with E-state index in [1.807, 2.05) is 12.1 Å². The zero-order chi connectivity index (χ0) is 14.5. The zero-order valence-corrected chi connectivity index (χ0v) is 12.2. The fraction of sp³-hybridized carbons (Fsp3) is 0.143. The molecule has 1 N–H and O–H groups in total. The Kier molecular flexibility index (Phi) is 4.82. The first-order valence-electron chi connectivity index (χ1n) is 5.82. The SMILES string of the molecule is COc1c(Cl)ccc(Cl)c1C(=O)NCc1ccncc1. The van der Waals surface area contributed by atoms with Gasteiger partial charge >= 0.3 is 0 Å². The number of pyridine rings is 1. The average Bonchev–Trinajstić information content (AvgIpc) is 2.48. The standard InChI is InChI=1S/C14H12Cl2N2O2/c1-20-13-11(16)3-2-10(15)12(13)14(19)18-8-9-4-6-17-7-5-9/h2-7H,8H2,1H3,(H,18,19). The number of rotatable bonds is 4. The van der Waals surface area contributed by atoms with Crippen LogP contribution in [0.15, 0.2) is 36.7 Å². The van der Waals surface area contributed by atoms with E-state index < -0.39 is 0 Å². The van der Waals surface area contributed by atoms with Gasteiger partial charge in [-0.25, -0.2) is 0 Å². The van der Waals surface area contributed by atoms with Crippen molar-refractivity contribution in [2.24, 2.45) is 0 Å². The summed E-state index contributed by atoms with van der Waals surface area (Å²) < 4.78 is 5.14. The highest BCUT2D eigenvalue weighted by molar-refractivity contribution is 6.37. The predicted octanol–water partition coefficient (Wildman–Crippen LogP) is 3.33. The smallest absolute Gasteiger partial charge is 0.256 e. The number of hydrogen-bond donors (Lipinski definition) is 1. The van der Waals surface area contributed by atoms with Gasteiger partial charge in [0.25, 0.3) is 5.91 Å². The number of amides is 1. The van der Waals surface area contributed by atoms with Crippen LogP contribution in [0, 0.1) is 0 Å². The Bertz CT molecular complexity index is 618. The number of halogens is 2. The highest BCUT2D eigenvalue weighted by atomic mass is 35.5. The molecule has 0 radical (unpaired) electrons. The van der Waals surface area contributed by atoms with Crippen molar-refractivity contribution >= 4 is 29.1 Å². The second-order valence-corrected chi connectivity index (χ2v) is 4.79. The normalized spacial score (nSPS) is 10.2. The first-order chi connectivity index (χ1) is 9.63. The van der Waals surface area contributed by atoms with E-state index in [9.17, 15) is 4.79 Å². The molecular weight excluding hydrogens is 299 g/mol. The zero-order valence-electron chi connectivity index (χ0n) is 10.7. The van der Waals surface area contributed by atoms with Gasteiger partial charge in [0.15, 0.2) is 5.75 Å². The summed E-state index contributed by atoms with van der Waals surface area (Å²) in [4.78, 5) is 16.1. The molecule has 0 spiro atoms. The van der Waals surface area contributed by atoms with Gasteiger partial charge < -0.3 is 10.1 Å². The molecule has 0 aliphatic heterocycles. The minimum Gasteiger partial charge on any atom is -0.494 e. The number of nitrogens with zero attached hydrogens (tertiary/aromatic N) is 1. The van der Waals surface area contributed by atoms with Gasteiger partial charge in [-0.1, -0.05) is 23.2 Å². The summed E-state index contributed by atoms with van der Waals surface area (Å²) >= 11 is 12.0. The van der Waals surface area contributed by atoms with Gasteiger partial charge in [0.05, 0.1) is 17.2 Å². The Hall–Kier alpha value is -1.78. The fourth-order valence-electron chi connectivity index (χ4n) is 1.72. The molecule has 6 heteroatoms. The van der Waals surface area contributed by atoms with E-state index in [0.717, 1.165) is 5.56 Å². The molecule has 1 aromatic carbocycles. The maximum absolute atomic E-state index is 12.2. The number of ether oxygens (including phenoxy) is 1. The Balaban J connectivity index is 2.19. The van der Waals surface area contributed by atoms with Gasteiger partial charge in [-0.05, 0) is 29.8 Å². The van der Waals surface area contributed by atoms with Crippen molar-refractivity contribution in [3.8, 4) is 5.75 Å². The van der Waals surface area contributed by atoms with Crippen molar-refractivity contribution in [1.29, 1.82) is 0 Å². The molecule has 0 saturated heterocycles. The van der Waals surface area contributed by atoms with Crippen molar-refractivity contribution in [3.63, 3.8) is 0 Å². The highest BCUT2D eigenvalue weighted by Gasteiger charge is 2.19. The number of nitrogens with one attached hydrogen (secondary N) is 1. The van der Waals surface area contributed by atoms with E-state index in [1.165, 1.54) is 7.11 Å². The summed E-state index contributed by atoms with van der Waals surface area (Å²) in [5.41, 5.74) is 1.17. The highest BCUT2D eigenvalue weighted by Crippen LogP contribution is 2.33. The molecule has 0 unspecified atom stereocenters. The molecule has 0 saturated carbocycles. The third kappa shape index (κ3) is 3.21. The lowest BCUT2D eigenvalue weighted by Crippen LogP contribution is -2.23. The minimum atomic E-state index is -0.342. The predicted molar refractivity (Wildman–Crippen MR) is 78.4 cm³/mol. The Morgan fingerprint density at radius 1 is 1.20 bits per heavy atom. The Morgan fingerprint density at radius 3 is 2.50 bits per heavy atom. The number of carbonyl (C=O) groups excluding carboxylic acids is 1. The molecular formula is C14H12Cl2N2O2. The van der Waals surface area contributed by atoms with Gasteiger partial charge in [-0.15, -0.1) is 0 Å². The van der Waals surface area contributed by atoms with Crippen LogP contribution in [0.1, 0.15) is 15.9 Å². The second kappa shape index (κ2) is 6.59. The molecule has 2 rings (SSSR count). The molecule has 1 amide bonds. The van der Waals surface area contributed by atoms with Crippen LogP contribution < -0.4 is 10.1 Å². The molecule has 0 bridgehead atoms. The molecule has 20 heavy (non-hydrogen) atoms. The first kappa shape index (κ1) is 14.6. The lowest BCUT2D eigenvalue weighted by atomic mass is 10.1. The third-order valence-electron chi connectivity index (χ3n) is 2.69. The van der Waals surface area contributed by atoms with Crippen LogP contribution in [0.5, 0.6) is 5.75 Å². The molecule has 0 fully saturated rings. The maximum atomic E-state index is 12.2. The lowest BCUT2D eigenvalue weighted by Gasteiger charge is -2.12. The molecule has 0 atom stereocenters. The van der Waals surface area contributed by atoms with Crippen LogP contribution in [0.2, 0.25) is 10.0 Å². The quantitative estimate of drug-likeness (QED) is 0.942. The van der Waals surface area contributed by atoms with Crippen LogP contribution in [-0.4, -0.2) is 18.0 Å². The number of aromatic nitrogens is 1. The van der Waals surface area contributed by atoms with E-state index in [4.69, 9.17) is 27.9 Å². The first-order valence-corrected chi connectivity index (χ1v) is 6.58. The fourth-order valence-corrected chi connectivity index (χ4v) is 2.18. The van der Waals surface area contributed by atoms with Gasteiger partial charge in [0, 0.05) is 18.9 Å². The molecule has 104 valence electrons. The van der Waals surface area contributed by atoms with E-state index >= 15 is 0 Å². The molecule has 1 heterocycles. The summed E-state index contributed by atoms with van der Waals surface area (Å²) in [5.74, 6) is -0.0717. The van der Waals surface area contributed by atoms with E-state index in [-0.39, 0.29) is 17.2 Å². The maximum Gasteiger partial charge on any atom is 0.256 e. The lowest BCUT2D eigenvalue weighted by molar-refractivity contribution is 0.0948. The van der Waals surface area contributed by atoms with Crippen LogP contribution in [0.3, 0.4) is 0 Å². The summed E-state index contributed by atoms with van der Waals surface area (Å²) in [5, 5.41) is 3.40. The number of carbonyl (C=O) groups is 1. The van der Waals surface area contributed by atoms with Gasteiger partial charge in [0.1, 0.15) is 5.56 Å². The van der Waals surface area contributed by atoms with Crippen LogP contribution in [0.25, 0.3) is 0 Å². The van der Waals surface area contributed by atoms with E-state index in [2.05, 4.69) is 10.3 Å². The number of methoxy groups -OCH3 is 1. The van der Waals surface area contributed by atoms with Gasteiger partial charge in [-0.2, -0.15) is 0 Å². The largest absolute Gasteiger partial charge is 0.494 e. The third-order valence-corrected chi connectivity index (χ3v) is 3.31. The second-order valence-electron chi connectivity index (χ2n) is 3.98. The molecule has 0 aliphatic carbocycles. The van der Waals surface area contributed by atoms with Crippen LogP contribution in [0.4, 0.5) is 0 Å². The monoisotopic (exact) mass is 310 g/mol. The Morgan fingerprint density at radius 2 is 1.85 bits per heavy atom. The van der Waals surface area contributed by atoms with Gasteiger partial charge in [-0.3, -0.25) is 9.78 Å². The molecule has 1 aromatic heterocycles. The van der Waals surface area contributed by atoms with Crippen molar-refractivity contribution in [2.75, 3.05) is 7.11 Å². The Labute approximate surface area is 126 Å². The minimum absolute atomic E-state index is 0.232. The molecule has 0 aliphatic rings. The average molecular weight is 311 g/mol. The van der Waals surface area contributed by atoms with Crippen molar-refractivity contribution in [2.45, 2.75) is 6.54 Å². The summed E-state index contributed by atoms with van der Waals surface area (Å²) in [6, 6.07) is 6.78. The summed E-state index contributed by atoms with van der Waals surface area (Å²) in [7, 11) is 1.44.